The number of fused-ring (bicyclic) bond motifs is 1. The molecule has 0 unspecified atom stereocenters. The number of nitriles is 1. The Bertz CT molecular complexity index is 545. The van der Waals surface area contributed by atoms with Gasteiger partial charge in [-0.2, -0.15) is 10.4 Å². The zero-order valence-corrected chi connectivity index (χ0v) is 9.02. The Kier molecular flexibility index (Phi) is 2.16. The summed E-state index contributed by atoms with van der Waals surface area (Å²) in [6.07, 6.45) is 1.73. The van der Waals surface area contributed by atoms with Crippen LogP contribution in [-0.4, -0.2) is 14.8 Å². The molecule has 0 aliphatic carbocycles. The van der Waals surface area contributed by atoms with Crippen molar-refractivity contribution in [1.82, 2.24) is 14.8 Å². The highest BCUT2D eigenvalue weighted by atomic mass is 15.3. The molecule has 0 saturated carbocycles. The van der Waals surface area contributed by atoms with E-state index in [1.54, 1.807) is 10.9 Å². The molecule has 15 heavy (non-hydrogen) atoms. The first kappa shape index (κ1) is 9.66. The van der Waals surface area contributed by atoms with E-state index in [1.165, 1.54) is 0 Å². The van der Waals surface area contributed by atoms with Crippen LogP contribution in [0.15, 0.2) is 12.3 Å². The largest absolute Gasteiger partial charge is 0.250 e. The van der Waals surface area contributed by atoms with Crippen molar-refractivity contribution < 1.29 is 0 Å². The second kappa shape index (κ2) is 3.35. The molecule has 0 bridgehead atoms. The first-order chi connectivity index (χ1) is 7.13. The maximum Gasteiger partial charge on any atom is 0.157 e. The second-order valence-electron chi connectivity index (χ2n) is 3.87. The molecule has 0 saturated heterocycles. The van der Waals surface area contributed by atoms with Crippen molar-refractivity contribution in [2.24, 2.45) is 7.05 Å². The summed E-state index contributed by atoms with van der Waals surface area (Å²) in [5.41, 5.74) is 2.32. The molecule has 2 aromatic heterocycles. The van der Waals surface area contributed by atoms with Gasteiger partial charge in [0.25, 0.3) is 0 Å². The number of rotatable bonds is 1. The van der Waals surface area contributed by atoms with Crippen LogP contribution >= 0.6 is 0 Å². The molecule has 0 amide bonds. The van der Waals surface area contributed by atoms with Gasteiger partial charge >= 0.3 is 0 Å². The lowest BCUT2D eigenvalue weighted by molar-refractivity contribution is 0.769. The van der Waals surface area contributed by atoms with Gasteiger partial charge in [0, 0.05) is 12.4 Å². The number of hydrogen-bond donors (Lipinski definition) is 0. The van der Waals surface area contributed by atoms with Crippen LogP contribution in [0.3, 0.4) is 0 Å². The van der Waals surface area contributed by atoms with Crippen LogP contribution in [0.25, 0.3) is 11.0 Å². The lowest BCUT2D eigenvalue weighted by Crippen LogP contribution is -2.00. The minimum Gasteiger partial charge on any atom is -0.250 e. The maximum absolute atomic E-state index is 9.02. The molecule has 76 valence electrons. The third-order valence-electron chi connectivity index (χ3n) is 2.40. The summed E-state index contributed by atoms with van der Waals surface area (Å²) >= 11 is 0. The first-order valence-electron chi connectivity index (χ1n) is 4.86. The molecule has 2 rings (SSSR count). The molecule has 0 fully saturated rings. The highest BCUT2D eigenvalue weighted by Gasteiger charge is 2.11. The van der Waals surface area contributed by atoms with E-state index in [0.717, 1.165) is 16.7 Å². The molecule has 0 aromatic carbocycles. The van der Waals surface area contributed by atoms with Crippen LogP contribution in [-0.2, 0) is 7.05 Å². The third-order valence-corrected chi connectivity index (χ3v) is 2.40. The molecule has 2 aromatic rings. The van der Waals surface area contributed by atoms with Crippen LogP contribution in [0.4, 0.5) is 0 Å². The molecule has 0 aliphatic rings. The van der Waals surface area contributed by atoms with Gasteiger partial charge in [-0.05, 0) is 12.0 Å². The van der Waals surface area contributed by atoms with Gasteiger partial charge in [-0.1, -0.05) is 13.8 Å². The van der Waals surface area contributed by atoms with Gasteiger partial charge in [0.15, 0.2) is 5.65 Å². The number of aryl methyl sites for hydroxylation is 1. The van der Waals surface area contributed by atoms with E-state index >= 15 is 0 Å². The molecule has 0 spiro atoms. The molecule has 2 heterocycles. The summed E-state index contributed by atoms with van der Waals surface area (Å²) in [6, 6.07) is 4.03. The van der Waals surface area contributed by atoms with Crippen LogP contribution in [0, 0.1) is 11.3 Å². The van der Waals surface area contributed by atoms with E-state index in [9.17, 15) is 0 Å². The number of pyridine rings is 1. The van der Waals surface area contributed by atoms with Crippen LogP contribution in [0.5, 0.6) is 0 Å². The minimum atomic E-state index is 0.249. The lowest BCUT2D eigenvalue weighted by atomic mass is 10.0. The monoisotopic (exact) mass is 200 g/mol. The highest BCUT2D eigenvalue weighted by molar-refractivity contribution is 5.76. The molecule has 4 nitrogen and oxygen atoms in total. The Balaban J connectivity index is 2.79. The van der Waals surface area contributed by atoms with Gasteiger partial charge in [0.05, 0.1) is 17.5 Å². The number of hydrogen-bond acceptors (Lipinski definition) is 3. The third kappa shape index (κ3) is 1.46. The average Bonchev–Trinajstić information content (AvgIpc) is 2.58. The zero-order valence-electron chi connectivity index (χ0n) is 9.02. The molecule has 4 heteroatoms. The van der Waals surface area contributed by atoms with Crippen LogP contribution in [0.1, 0.15) is 31.0 Å². The Morgan fingerprint density at radius 2 is 2.20 bits per heavy atom. The summed E-state index contributed by atoms with van der Waals surface area (Å²) in [7, 11) is 1.85. The Morgan fingerprint density at radius 3 is 2.80 bits per heavy atom. The second-order valence-corrected chi connectivity index (χ2v) is 3.87. The summed E-state index contributed by atoms with van der Waals surface area (Å²) < 4.78 is 1.72. The van der Waals surface area contributed by atoms with E-state index in [4.69, 9.17) is 5.26 Å². The van der Waals surface area contributed by atoms with Crippen molar-refractivity contribution in [3.8, 4) is 6.07 Å². The summed E-state index contributed by atoms with van der Waals surface area (Å²) in [6.45, 7) is 4.07. The van der Waals surface area contributed by atoms with Gasteiger partial charge in [0.2, 0.25) is 0 Å². The Morgan fingerprint density at radius 1 is 1.47 bits per heavy atom. The summed E-state index contributed by atoms with van der Waals surface area (Å²) in [5.74, 6) is 0.249. The van der Waals surface area contributed by atoms with E-state index in [1.807, 2.05) is 27.0 Å². The Hall–Kier alpha value is -1.89. The maximum atomic E-state index is 9.02. The summed E-state index contributed by atoms with van der Waals surface area (Å²) in [5, 5.41) is 14.0. The smallest absolute Gasteiger partial charge is 0.157 e. The van der Waals surface area contributed by atoms with Gasteiger partial charge in [-0.15, -0.1) is 0 Å². The van der Waals surface area contributed by atoms with Gasteiger partial charge in [-0.3, -0.25) is 4.68 Å². The molecule has 0 atom stereocenters. The fourth-order valence-electron chi connectivity index (χ4n) is 1.62. The molecule has 0 N–H and O–H groups in total. The molecular formula is C11H12N4. The SMILES string of the molecule is CC(C)c1nc2c(cnn2C)cc1C#N. The van der Waals surface area contributed by atoms with E-state index in [2.05, 4.69) is 16.2 Å². The van der Waals surface area contributed by atoms with Gasteiger partial charge in [0.1, 0.15) is 6.07 Å². The van der Waals surface area contributed by atoms with Gasteiger partial charge < -0.3 is 0 Å². The van der Waals surface area contributed by atoms with Crippen molar-refractivity contribution in [1.29, 1.82) is 5.26 Å². The molecule has 0 radical (unpaired) electrons. The Labute approximate surface area is 88.2 Å². The fraction of sp³-hybridized carbons (Fsp3) is 0.364. The van der Waals surface area contributed by atoms with E-state index in [-0.39, 0.29) is 5.92 Å². The predicted molar refractivity (Wildman–Crippen MR) is 57.3 cm³/mol. The lowest BCUT2D eigenvalue weighted by Gasteiger charge is -2.06. The quantitative estimate of drug-likeness (QED) is 0.707. The van der Waals surface area contributed by atoms with Crippen molar-refractivity contribution in [2.45, 2.75) is 19.8 Å². The van der Waals surface area contributed by atoms with Crippen molar-refractivity contribution in [2.75, 3.05) is 0 Å². The standard InChI is InChI=1S/C11H12N4/c1-7(2)10-8(5-12)4-9-6-13-15(3)11(9)14-10/h4,6-7H,1-3H3. The van der Waals surface area contributed by atoms with Gasteiger partial charge in [-0.25, -0.2) is 4.98 Å². The van der Waals surface area contributed by atoms with Crippen LogP contribution in [0.2, 0.25) is 0 Å². The topological polar surface area (TPSA) is 54.5 Å². The van der Waals surface area contributed by atoms with Crippen molar-refractivity contribution in [3.63, 3.8) is 0 Å². The predicted octanol–water partition coefficient (Wildman–Crippen LogP) is 1.96. The zero-order chi connectivity index (χ0) is 11.0. The number of aromatic nitrogens is 3. The summed E-state index contributed by atoms with van der Waals surface area (Å²) in [4.78, 5) is 4.48. The van der Waals surface area contributed by atoms with E-state index < -0.39 is 0 Å². The first-order valence-corrected chi connectivity index (χ1v) is 4.86. The average molecular weight is 200 g/mol. The van der Waals surface area contributed by atoms with Crippen molar-refractivity contribution >= 4 is 11.0 Å². The normalized spacial score (nSPS) is 10.9. The van der Waals surface area contributed by atoms with Crippen molar-refractivity contribution in [3.05, 3.63) is 23.5 Å². The fourth-order valence-corrected chi connectivity index (χ4v) is 1.62. The van der Waals surface area contributed by atoms with E-state index in [0.29, 0.717) is 5.56 Å². The molecule has 0 aliphatic heterocycles. The number of nitrogens with zero attached hydrogens (tertiary/aromatic N) is 4. The molecular weight excluding hydrogens is 188 g/mol. The van der Waals surface area contributed by atoms with Crippen LogP contribution < -0.4 is 0 Å². The highest BCUT2D eigenvalue weighted by Crippen LogP contribution is 2.21. The minimum absolute atomic E-state index is 0.249.